The molecule has 13 heavy (non-hydrogen) atoms. The van der Waals surface area contributed by atoms with Gasteiger partial charge in [0.2, 0.25) is 0 Å². The number of nitrogens with one attached hydrogen (secondary N) is 1. The summed E-state index contributed by atoms with van der Waals surface area (Å²) in [6, 6.07) is 0.0545. The number of carbonyl (C=O) groups is 1. The number of urea groups is 1. The lowest BCUT2D eigenvalue weighted by molar-refractivity contribution is 0.178. The SMILES string of the molecule is CC1CN(C)CCCN1C(=O)NN. The van der Waals surface area contributed by atoms with Crippen molar-refractivity contribution in [1.82, 2.24) is 15.2 Å². The van der Waals surface area contributed by atoms with E-state index in [-0.39, 0.29) is 12.1 Å². The number of carbonyl (C=O) groups excluding carboxylic acids is 1. The number of hydrogen-bond acceptors (Lipinski definition) is 3. The van der Waals surface area contributed by atoms with Gasteiger partial charge < -0.3 is 9.80 Å². The summed E-state index contributed by atoms with van der Waals surface area (Å²) in [5, 5.41) is 0. The van der Waals surface area contributed by atoms with E-state index in [0.717, 1.165) is 26.1 Å². The van der Waals surface area contributed by atoms with Crippen molar-refractivity contribution >= 4 is 6.03 Å². The van der Waals surface area contributed by atoms with Gasteiger partial charge in [-0.1, -0.05) is 0 Å². The third kappa shape index (κ3) is 2.57. The van der Waals surface area contributed by atoms with Crippen molar-refractivity contribution in [2.24, 2.45) is 5.84 Å². The fraction of sp³-hybridized carbons (Fsp3) is 0.875. The summed E-state index contributed by atoms with van der Waals surface area (Å²) in [6.45, 7) is 4.78. The van der Waals surface area contributed by atoms with Crippen LogP contribution in [0.15, 0.2) is 0 Å². The molecule has 1 aliphatic heterocycles. The quantitative estimate of drug-likeness (QED) is 0.307. The number of rotatable bonds is 0. The van der Waals surface area contributed by atoms with Crippen molar-refractivity contribution in [1.29, 1.82) is 0 Å². The maximum absolute atomic E-state index is 11.3. The lowest BCUT2D eigenvalue weighted by atomic mass is 10.3. The molecule has 0 spiro atoms. The summed E-state index contributed by atoms with van der Waals surface area (Å²) >= 11 is 0. The molecule has 2 amide bonds. The Bertz CT molecular complexity index is 185. The molecule has 0 radical (unpaired) electrons. The van der Waals surface area contributed by atoms with Gasteiger partial charge in [-0.25, -0.2) is 10.6 Å². The van der Waals surface area contributed by atoms with Gasteiger partial charge in [0.25, 0.3) is 0 Å². The summed E-state index contributed by atoms with van der Waals surface area (Å²) < 4.78 is 0. The average Bonchev–Trinajstić information content (AvgIpc) is 2.25. The third-order valence-corrected chi connectivity index (χ3v) is 2.43. The minimum atomic E-state index is -0.178. The van der Waals surface area contributed by atoms with Crippen LogP contribution in [0.25, 0.3) is 0 Å². The molecule has 5 heteroatoms. The van der Waals surface area contributed by atoms with E-state index in [0.29, 0.717) is 0 Å². The zero-order chi connectivity index (χ0) is 9.84. The minimum Gasteiger partial charge on any atom is -0.320 e. The van der Waals surface area contributed by atoms with E-state index in [1.165, 1.54) is 0 Å². The normalized spacial score (nSPS) is 25.5. The number of hydrazine groups is 1. The van der Waals surface area contributed by atoms with Crippen molar-refractivity contribution in [2.45, 2.75) is 19.4 Å². The van der Waals surface area contributed by atoms with Crippen LogP contribution in [0, 0.1) is 0 Å². The maximum Gasteiger partial charge on any atom is 0.331 e. The second-order valence-corrected chi connectivity index (χ2v) is 3.61. The largest absolute Gasteiger partial charge is 0.331 e. The Hall–Kier alpha value is -0.810. The molecule has 1 atom stereocenters. The lowest BCUT2D eigenvalue weighted by Gasteiger charge is -2.27. The van der Waals surface area contributed by atoms with Crippen molar-refractivity contribution in [3.63, 3.8) is 0 Å². The second-order valence-electron chi connectivity index (χ2n) is 3.61. The molecule has 76 valence electrons. The molecule has 1 rings (SSSR count). The predicted molar refractivity (Wildman–Crippen MR) is 51.0 cm³/mol. The topological polar surface area (TPSA) is 61.6 Å². The molecule has 1 aliphatic rings. The van der Waals surface area contributed by atoms with Gasteiger partial charge in [0.15, 0.2) is 0 Å². The highest BCUT2D eigenvalue weighted by molar-refractivity contribution is 5.73. The molecule has 1 heterocycles. The zero-order valence-electron chi connectivity index (χ0n) is 8.29. The molecule has 0 aromatic carbocycles. The van der Waals surface area contributed by atoms with E-state index in [4.69, 9.17) is 5.84 Å². The van der Waals surface area contributed by atoms with Gasteiger partial charge in [-0.05, 0) is 26.9 Å². The summed E-state index contributed by atoms with van der Waals surface area (Å²) in [5.41, 5.74) is 2.18. The molecule has 0 aliphatic carbocycles. The Morgan fingerprint density at radius 2 is 2.23 bits per heavy atom. The Kier molecular flexibility index (Phi) is 3.50. The first-order valence-corrected chi connectivity index (χ1v) is 4.61. The first-order chi connectivity index (χ1) is 6.15. The zero-order valence-corrected chi connectivity index (χ0v) is 8.29. The Morgan fingerprint density at radius 3 is 2.85 bits per heavy atom. The van der Waals surface area contributed by atoms with Gasteiger partial charge in [-0.15, -0.1) is 0 Å². The van der Waals surface area contributed by atoms with Gasteiger partial charge in [-0.3, -0.25) is 5.43 Å². The van der Waals surface area contributed by atoms with Crippen LogP contribution < -0.4 is 11.3 Å². The summed E-state index contributed by atoms with van der Waals surface area (Å²) in [5.74, 6) is 5.10. The fourth-order valence-electron chi connectivity index (χ4n) is 1.76. The molecular weight excluding hydrogens is 168 g/mol. The monoisotopic (exact) mass is 186 g/mol. The lowest BCUT2D eigenvalue weighted by Crippen LogP contribution is -2.49. The molecule has 1 saturated heterocycles. The first kappa shape index (κ1) is 10.3. The fourth-order valence-corrected chi connectivity index (χ4v) is 1.76. The van der Waals surface area contributed by atoms with Gasteiger partial charge in [-0.2, -0.15) is 0 Å². The van der Waals surface area contributed by atoms with E-state index >= 15 is 0 Å². The number of likely N-dealkylation sites (N-methyl/N-ethyl adjacent to an activating group) is 1. The van der Waals surface area contributed by atoms with Crippen LogP contribution in [0.3, 0.4) is 0 Å². The molecule has 5 nitrogen and oxygen atoms in total. The summed E-state index contributed by atoms with van der Waals surface area (Å²) in [4.78, 5) is 15.3. The van der Waals surface area contributed by atoms with Crippen LogP contribution in [0.1, 0.15) is 13.3 Å². The third-order valence-electron chi connectivity index (χ3n) is 2.43. The summed E-state index contributed by atoms with van der Waals surface area (Å²) in [7, 11) is 2.07. The van der Waals surface area contributed by atoms with Gasteiger partial charge in [0, 0.05) is 19.1 Å². The summed E-state index contributed by atoms with van der Waals surface area (Å²) in [6.07, 6.45) is 1.01. The Labute approximate surface area is 78.8 Å². The van der Waals surface area contributed by atoms with Crippen molar-refractivity contribution < 1.29 is 4.79 Å². The standard InChI is InChI=1S/C8H18N4O/c1-7-6-11(2)4-3-5-12(7)8(13)10-9/h7H,3-6,9H2,1-2H3,(H,10,13). The van der Waals surface area contributed by atoms with Gasteiger partial charge >= 0.3 is 6.03 Å². The number of hydrogen-bond donors (Lipinski definition) is 2. The minimum absolute atomic E-state index is 0.178. The molecule has 1 fully saturated rings. The van der Waals surface area contributed by atoms with Crippen molar-refractivity contribution in [3.8, 4) is 0 Å². The average molecular weight is 186 g/mol. The molecule has 1 unspecified atom stereocenters. The highest BCUT2D eigenvalue weighted by Crippen LogP contribution is 2.07. The molecule has 0 aromatic rings. The molecule has 0 saturated carbocycles. The van der Waals surface area contributed by atoms with Crippen LogP contribution in [-0.2, 0) is 0 Å². The van der Waals surface area contributed by atoms with Crippen LogP contribution in [0.4, 0.5) is 4.79 Å². The van der Waals surface area contributed by atoms with Gasteiger partial charge in [0.1, 0.15) is 0 Å². The number of nitrogens with zero attached hydrogens (tertiary/aromatic N) is 2. The Balaban J connectivity index is 2.57. The van der Waals surface area contributed by atoms with Crippen LogP contribution in [-0.4, -0.2) is 48.6 Å². The van der Waals surface area contributed by atoms with Crippen LogP contribution >= 0.6 is 0 Å². The van der Waals surface area contributed by atoms with Crippen molar-refractivity contribution in [2.75, 3.05) is 26.7 Å². The molecule has 3 N–H and O–H groups in total. The van der Waals surface area contributed by atoms with E-state index in [1.54, 1.807) is 4.90 Å². The van der Waals surface area contributed by atoms with Crippen LogP contribution in [0.5, 0.6) is 0 Å². The van der Waals surface area contributed by atoms with E-state index in [1.807, 2.05) is 6.92 Å². The molecular formula is C8H18N4O. The highest BCUT2D eigenvalue weighted by atomic mass is 16.2. The van der Waals surface area contributed by atoms with Gasteiger partial charge in [0.05, 0.1) is 0 Å². The second kappa shape index (κ2) is 4.43. The predicted octanol–water partition coefficient (Wildman–Crippen LogP) is -0.404. The number of amides is 2. The molecule has 0 aromatic heterocycles. The van der Waals surface area contributed by atoms with E-state index < -0.39 is 0 Å². The van der Waals surface area contributed by atoms with E-state index in [2.05, 4.69) is 17.4 Å². The van der Waals surface area contributed by atoms with E-state index in [9.17, 15) is 4.79 Å². The highest BCUT2D eigenvalue weighted by Gasteiger charge is 2.22. The van der Waals surface area contributed by atoms with Crippen molar-refractivity contribution in [3.05, 3.63) is 0 Å². The molecule has 0 bridgehead atoms. The maximum atomic E-state index is 11.3. The van der Waals surface area contributed by atoms with Crippen LogP contribution in [0.2, 0.25) is 0 Å². The Morgan fingerprint density at radius 1 is 1.54 bits per heavy atom. The smallest absolute Gasteiger partial charge is 0.320 e. The number of nitrogens with two attached hydrogens (primary N) is 1. The first-order valence-electron chi connectivity index (χ1n) is 4.61.